The number of carbonyl (C=O) groups is 1. The van der Waals surface area contributed by atoms with Gasteiger partial charge < -0.3 is 15.4 Å². The van der Waals surface area contributed by atoms with Crippen LogP contribution in [0.1, 0.15) is 12.5 Å². The van der Waals surface area contributed by atoms with Gasteiger partial charge in [-0.15, -0.1) is 0 Å². The van der Waals surface area contributed by atoms with E-state index >= 15 is 0 Å². The van der Waals surface area contributed by atoms with Crippen molar-refractivity contribution < 1.29 is 17.9 Å². The molecular weight excluding hydrogens is 366 g/mol. The van der Waals surface area contributed by atoms with Crippen LogP contribution in [0.3, 0.4) is 0 Å². The predicted molar refractivity (Wildman–Crippen MR) is 107 cm³/mol. The fraction of sp³-hybridized carbons (Fsp3) is 0.316. The first-order chi connectivity index (χ1) is 12.8. The molecule has 0 spiro atoms. The molecule has 27 heavy (non-hydrogen) atoms. The van der Waals surface area contributed by atoms with Crippen LogP contribution >= 0.6 is 0 Å². The van der Waals surface area contributed by atoms with Crippen LogP contribution in [-0.4, -0.2) is 35.0 Å². The molecule has 0 heterocycles. The third kappa shape index (κ3) is 5.45. The van der Waals surface area contributed by atoms with E-state index in [0.29, 0.717) is 29.2 Å². The van der Waals surface area contributed by atoms with Crippen LogP contribution in [0.25, 0.3) is 0 Å². The summed E-state index contributed by atoms with van der Waals surface area (Å²) >= 11 is 0. The Labute approximate surface area is 160 Å². The average molecular weight is 391 g/mol. The molecule has 0 aliphatic carbocycles. The molecule has 0 saturated heterocycles. The first kappa shape index (κ1) is 20.7. The van der Waals surface area contributed by atoms with Crippen LogP contribution in [-0.2, 0) is 14.8 Å². The quantitative estimate of drug-likeness (QED) is 0.643. The lowest BCUT2D eigenvalue weighted by Gasteiger charge is -2.15. The van der Waals surface area contributed by atoms with Gasteiger partial charge in [-0.3, -0.25) is 9.52 Å². The van der Waals surface area contributed by atoms with E-state index in [1.165, 1.54) is 6.07 Å². The molecule has 0 bridgehead atoms. The van der Waals surface area contributed by atoms with Gasteiger partial charge in [0.25, 0.3) is 10.0 Å². The Bertz CT molecular complexity index is 896. The lowest BCUT2D eigenvalue weighted by molar-refractivity contribution is -0.119. The zero-order chi connectivity index (χ0) is 20.0. The highest BCUT2D eigenvalue weighted by atomic mass is 32.2. The summed E-state index contributed by atoms with van der Waals surface area (Å²) < 4.78 is 33.2. The number of amides is 1. The molecule has 1 amide bonds. The summed E-state index contributed by atoms with van der Waals surface area (Å²) in [7, 11) is -0.496. The predicted octanol–water partition coefficient (Wildman–Crippen LogP) is 2.60. The van der Waals surface area contributed by atoms with E-state index in [1.54, 1.807) is 64.4 Å². The molecule has 0 aliphatic rings. The van der Waals surface area contributed by atoms with Crippen LogP contribution < -0.4 is 20.1 Å². The molecule has 8 heteroatoms. The van der Waals surface area contributed by atoms with Crippen molar-refractivity contribution in [3.8, 4) is 5.75 Å². The fourth-order valence-electron chi connectivity index (χ4n) is 2.50. The lowest BCUT2D eigenvalue weighted by atomic mass is 10.1. The normalized spacial score (nSPS) is 12.3. The summed E-state index contributed by atoms with van der Waals surface area (Å²) in [5.41, 5.74) is 1.44. The van der Waals surface area contributed by atoms with Gasteiger partial charge in [0.15, 0.2) is 0 Å². The number of methoxy groups -OCH3 is 1. The average Bonchev–Trinajstić information content (AvgIpc) is 2.63. The van der Waals surface area contributed by atoms with Crippen molar-refractivity contribution in [3.63, 3.8) is 0 Å². The Morgan fingerprint density at radius 3 is 2.33 bits per heavy atom. The second-order valence-corrected chi connectivity index (χ2v) is 7.91. The van der Waals surface area contributed by atoms with Crippen molar-refractivity contribution in [1.29, 1.82) is 0 Å². The van der Waals surface area contributed by atoms with Crippen LogP contribution in [0.15, 0.2) is 47.4 Å². The molecule has 2 aromatic rings. The van der Waals surface area contributed by atoms with Crippen LogP contribution in [0.4, 0.5) is 11.4 Å². The molecule has 146 valence electrons. The van der Waals surface area contributed by atoms with Gasteiger partial charge in [0.2, 0.25) is 5.91 Å². The van der Waals surface area contributed by atoms with Gasteiger partial charge in [0, 0.05) is 23.8 Å². The maximum Gasteiger partial charge on any atom is 0.262 e. The number of ether oxygens (including phenoxy) is 1. The SMILES string of the molecule is CNCC(C)C(=O)Nc1ccc(C)c(S(=O)(=O)Nc2ccc(OC)cc2)c1. The Morgan fingerprint density at radius 2 is 1.74 bits per heavy atom. The van der Waals surface area contributed by atoms with Gasteiger partial charge in [0.05, 0.1) is 12.0 Å². The van der Waals surface area contributed by atoms with Crippen LogP contribution in [0.5, 0.6) is 5.75 Å². The van der Waals surface area contributed by atoms with Gasteiger partial charge in [0.1, 0.15) is 5.75 Å². The molecule has 0 aliphatic heterocycles. The van der Waals surface area contributed by atoms with Crippen molar-refractivity contribution >= 4 is 27.3 Å². The summed E-state index contributed by atoms with van der Waals surface area (Å²) in [6, 6.07) is 11.4. The first-order valence-corrected chi connectivity index (χ1v) is 9.98. The summed E-state index contributed by atoms with van der Waals surface area (Å²) in [5.74, 6) is 0.211. The van der Waals surface area contributed by atoms with E-state index in [4.69, 9.17) is 4.74 Å². The van der Waals surface area contributed by atoms with E-state index in [-0.39, 0.29) is 16.7 Å². The standard InChI is InChI=1S/C19H25N3O4S/c1-13-5-6-16(21-19(23)14(2)12-20-3)11-18(13)27(24,25)22-15-7-9-17(26-4)10-8-15/h5-11,14,20,22H,12H2,1-4H3,(H,21,23). The highest BCUT2D eigenvalue weighted by Gasteiger charge is 2.19. The van der Waals surface area contributed by atoms with Gasteiger partial charge in [-0.2, -0.15) is 0 Å². The lowest BCUT2D eigenvalue weighted by Crippen LogP contribution is -2.28. The molecule has 0 fully saturated rings. The number of carbonyl (C=O) groups excluding carboxylic acids is 1. The minimum atomic E-state index is -3.81. The molecule has 1 unspecified atom stereocenters. The minimum absolute atomic E-state index is 0.109. The van der Waals surface area contributed by atoms with E-state index in [0.717, 1.165) is 0 Å². The van der Waals surface area contributed by atoms with Gasteiger partial charge >= 0.3 is 0 Å². The summed E-state index contributed by atoms with van der Waals surface area (Å²) in [4.78, 5) is 12.3. The Morgan fingerprint density at radius 1 is 1.11 bits per heavy atom. The summed E-state index contributed by atoms with van der Waals surface area (Å²) in [5, 5.41) is 5.70. The topological polar surface area (TPSA) is 96.5 Å². The first-order valence-electron chi connectivity index (χ1n) is 8.50. The van der Waals surface area contributed by atoms with Crippen molar-refractivity contribution in [2.24, 2.45) is 5.92 Å². The second-order valence-electron chi connectivity index (χ2n) is 6.26. The van der Waals surface area contributed by atoms with Gasteiger partial charge in [-0.1, -0.05) is 13.0 Å². The van der Waals surface area contributed by atoms with Crippen LogP contribution in [0.2, 0.25) is 0 Å². The Balaban J connectivity index is 2.23. The zero-order valence-corrected chi connectivity index (χ0v) is 16.7. The van der Waals surface area contributed by atoms with E-state index in [2.05, 4.69) is 15.4 Å². The molecule has 0 aromatic heterocycles. The number of rotatable bonds is 8. The monoisotopic (exact) mass is 391 g/mol. The van der Waals surface area contributed by atoms with Crippen molar-refractivity contribution in [2.45, 2.75) is 18.7 Å². The Hall–Kier alpha value is -2.58. The number of anilines is 2. The highest BCUT2D eigenvalue weighted by Crippen LogP contribution is 2.24. The smallest absolute Gasteiger partial charge is 0.262 e. The number of hydrogen-bond donors (Lipinski definition) is 3. The van der Waals surface area contributed by atoms with Gasteiger partial charge in [-0.25, -0.2) is 8.42 Å². The van der Waals surface area contributed by atoms with E-state index < -0.39 is 10.0 Å². The Kier molecular flexibility index (Phi) is 6.81. The zero-order valence-electron chi connectivity index (χ0n) is 15.9. The maximum absolute atomic E-state index is 12.8. The number of hydrogen-bond acceptors (Lipinski definition) is 5. The van der Waals surface area contributed by atoms with Crippen molar-refractivity contribution in [3.05, 3.63) is 48.0 Å². The minimum Gasteiger partial charge on any atom is -0.497 e. The second kappa shape index (κ2) is 8.88. The highest BCUT2D eigenvalue weighted by molar-refractivity contribution is 7.92. The third-order valence-electron chi connectivity index (χ3n) is 4.05. The van der Waals surface area contributed by atoms with E-state index in [1.807, 2.05) is 0 Å². The number of benzene rings is 2. The maximum atomic E-state index is 12.8. The van der Waals surface area contributed by atoms with E-state index in [9.17, 15) is 13.2 Å². The van der Waals surface area contributed by atoms with Crippen LogP contribution in [0, 0.1) is 12.8 Å². The van der Waals surface area contributed by atoms with Crippen molar-refractivity contribution in [1.82, 2.24) is 5.32 Å². The molecule has 2 rings (SSSR count). The summed E-state index contributed by atoms with van der Waals surface area (Å²) in [6.07, 6.45) is 0. The van der Waals surface area contributed by atoms with Crippen molar-refractivity contribution in [2.75, 3.05) is 30.7 Å². The molecule has 7 nitrogen and oxygen atoms in total. The fourth-order valence-corrected chi connectivity index (χ4v) is 3.83. The molecular formula is C19H25N3O4S. The number of nitrogens with one attached hydrogen (secondary N) is 3. The molecule has 0 saturated carbocycles. The molecule has 1 atom stereocenters. The number of aryl methyl sites for hydroxylation is 1. The third-order valence-corrected chi connectivity index (χ3v) is 5.57. The molecule has 0 radical (unpaired) electrons. The van der Waals surface area contributed by atoms with Gasteiger partial charge in [-0.05, 0) is 55.9 Å². The molecule has 2 aromatic carbocycles. The molecule has 3 N–H and O–H groups in total. The largest absolute Gasteiger partial charge is 0.497 e. The number of sulfonamides is 1. The summed E-state index contributed by atoms with van der Waals surface area (Å²) in [6.45, 7) is 4.03.